The van der Waals surface area contributed by atoms with Crippen LogP contribution in [-0.4, -0.2) is 43.7 Å². The molecule has 8 heteroatoms. The zero-order valence-corrected chi connectivity index (χ0v) is 26.5. The molecule has 0 spiro atoms. The molecule has 0 fully saturated rings. The molecule has 7 nitrogen and oxygen atoms in total. The second-order valence-electron chi connectivity index (χ2n) is 10.5. The molecule has 0 aliphatic heterocycles. The van der Waals surface area contributed by atoms with Crippen molar-refractivity contribution in [1.82, 2.24) is 0 Å². The van der Waals surface area contributed by atoms with E-state index >= 15 is 0 Å². The molecule has 1 rings (SSSR count). The number of hydrogen-bond donors (Lipinski definition) is 1. The van der Waals surface area contributed by atoms with Gasteiger partial charge in [0.1, 0.15) is 11.5 Å². The maximum atomic E-state index is 12.6. The minimum Gasteiger partial charge on any atom is -0.493 e. The van der Waals surface area contributed by atoms with Gasteiger partial charge in [0.2, 0.25) is 0 Å². The zero-order valence-electron chi connectivity index (χ0n) is 25.6. The van der Waals surface area contributed by atoms with Crippen LogP contribution in [0.15, 0.2) is 18.2 Å². The van der Waals surface area contributed by atoms with Gasteiger partial charge in [0.25, 0.3) is 0 Å². The molecule has 0 atom stereocenters. The number of unbranched alkanes of at least 4 members (excludes halogenated alkanes) is 15. The van der Waals surface area contributed by atoms with Crippen molar-refractivity contribution in [2.45, 2.75) is 130 Å². The topological polar surface area (TPSA) is 91.3 Å². The maximum absolute atomic E-state index is 12.6. The number of carboxylic acids is 1. The fourth-order valence-corrected chi connectivity index (χ4v) is 6.35. The summed E-state index contributed by atoms with van der Waals surface area (Å²) in [5, 5.41) is 9.47. The first-order valence-electron chi connectivity index (χ1n) is 16.0. The van der Waals surface area contributed by atoms with Gasteiger partial charge in [-0.15, -0.1) is 0 Å². The van der Waals surface area contributed by atoms with Crippen LogP contribution in [0.25, 0.3) is 0 Å². The summed E-state index contributed by atoms with van der Waals surface area (Å²) in [6.45, 7) is 7.28. The van der Waals surface area contributed by atoms with Gasteiger partial charge in [0, 0.05) is 6.07 Å². The number of aromatic carboxylic acids is 1. The van der Waals surface area contributed by atoms with E-state index in [0.717, 1.165) is 12.8 Å². The van der Waals surface area contributed by atoms with Crippen molar-refractivity contribution in [2.24, 2.45) is 0 Å². The lowest BCUT2D eigenvalue weighted by Crippen LogP contribution is -2.06. The maximum Gasteiger partial charge on any atom is 0.335 e. The summed E-state index contributed by atoms with van der Waals surface area (Å²) < 4.78 is 34.8. The standard InChI is InChI=1S/C32H57O7P/c1-4-7-8-9-10-11-12-13-14-15-16-17-18-19-20-21-23-36-30-26-29(32(33)34)27-31(28-30)37-24-22-25-40(35,38-5-2)39-6-3/h26-28H,4-25H2,1-3H3,(H,33,34). The number of carboxylic acid groups (broad SMARTS) is 1. The van der Waals surface area contributed by atoms with Gasteiger partial charge in [0.15, 0.2) is 0 Å². The van der Waals surface area contributed by atoms with Gasteiger partial charge in [-0.05, 0) is 38.8 Å². The number of hydrogen-bond acceptors (Lipinski definition) is 6. The van der Waals surface area contributed by atoms with Gasteiger partial charge < -0.3 is 23.6 Å². The van der Waals surface area contributed by atoms with E-state index in [1.54, 1.807) is 19.9 Å². The minimum atomic E-state index is -3.12. The Kier molecular flexibility index (Phi) is 22.0. The molecule has 0 amide bonds. The highest BCUT2D eigenvalue weighted by atomic mass is 31.2. The highest BCUT2D eigenvalue weighted by molar-refractivity contribution is 7.53. The molecule has 1 aromatic carbocycles. The van der Waals surface area contributed by atoms with Crippen LogP contribution in [0, 0.1) is 0 Å². The molecule has 0 aromatic heterocycles. The van der Waals surface area contributed by atoms with E-state index in [0.29, 0.717) is 37.7 Å². The van der Waals surface area contributed by atoms with Gasteiger partial charge in [-0.25, -0.2) is 4.79 Å². The van der Waals surface area contributed by atoms with E-state index < -0.39 is 13.6 Å². The molecule has 1 N–H and O–H groups in total. The Hall–Kier alpha value is -1.56. The second-order valence-corrected chi connectivity index (χ2v) is 12.7. The van der Waals surface area contributed by atoms with Crippen LogP contribution in [-0.2, 0) is 13.6 Å². The average Bonchev–Trinajstić information content (AvgIpc) is 2.93. The molecule has 232 valence electrons. The lowest BCUT2D eigenvalue weighted by Gasteiger charge is -2.17. The smallest absolute Gasteiger partial charge is 0.335 e. The first kappa shape index (κ1) is 36.5. The molecule has 40 heavy (non-hydrogen) atoms. The summed E-state index contributed by atoms with van der Waals surface area (Å²) in [5.74, 6) is -0.121. The Labute approximate surface area is 244 Å². The first-order chi connectivity index (χ1) is 19.4. The number of carbonyl (C=O) groups is 1. The number of rotatable bonds is 28. The number of ether oxygens (including phenoxy) is 2. The van der Waals surface area contributed by atoms with Gasteiger partial charge >= 0.3 is 13.6 Å². The lowest BCUT2D eigenvalue weighted by molar-refractivity contribution is 0.0695. The van der Waals surface area contributed by atoms with Gasteiger partial charge in [-0.2, -0.15) is 0 Å². The molecule has 1 aromatic rings. The van der Waals surface area contributed by atoms with Crippen molar-refractivity contribution in [3.05, 3.63) is 23.8 Å². The van der Waals surface area contributed by atoms with Crippen molar-refractivity contribution >= 4 is 13.6 Å². The Morgan fingerprint density at radius 1 is 0.625 bits per heavy atom. The Bertz CT molecular complexity index is 804. The molecule has 0 unspecified atom stereocenters. The molecule has 0 aliphatic carbocycles. The third-order valence-electron chi connectivity index (χ3n) is 6.89. The van der Waals surface area contributed by atoms with E-state index in [9.17, 15) is 14.5 Å². The molecule has 0 radical (unpaired) electrons. The quantitative estimate of drug-likeness (QED) is 0.0774. The molecule has 0 heterocycles. The molecule has 0 saturated carbocycles. The van der Waals surface area contributed by atoms with Crippen molar-refractivity contribution in [2.75, 3.05) is 32.6 Å². The summed E-state index contributed by atoms with van der Waals surface area (Å²) in [6, 6.07) is 4.72. The summed E-state index contributed by atoms with van der Waals surface area (Å²) in [5.41, 5.74) is 0.119. The minimum absolute atomic E-state index is 0.119. The molecular weight excluding hydrogens is 527 g/mol. The predicted octanol–water partition coefficient (Wildman–Crippen LogP) is 10.1. The predicted molar refractivity (Wildman–Crippen MR) is 164 cm³/mol. The summed E-state index contributed by atoms with van der Waals surface area (Å²) in [6.07, 6.45) is 21.8. The summed E-state index contributed by atoms with van der Waals surface area (Å²) in [4.78, 5) is 11.6. The third-order valence-corrected chi connectivity index (χ3v) is 9.06. The zero-order chi connectivity index (χ0) is 29.3. The summed E-state index contributed by atoms with van der Waals surface area (Å²) >= 11 is 0. The monoisotopic (exact) mass is 584 g/mol. The van der Waals surface area contributed by atoms with Gasteiger partial charge in [0.05, 0.1) is 38.2 Å². The third kappa shape index (κ3) is 18.7. The SMILES string of the molecule is CCCCCCCCCCCCCCCCCCOc1cc(OCCCP(=O)(OCC)OCC)cc(C(=O)O)c1. The van der Waals surface area contributed by atoms with Crippen LogP contribution in [0.2, 0.25) is 0 Å². The fourth-order valence-electron chi connectivity index (χ4n) is 4.71. The van der Waals surface area contributed by atoms with E-state index in [2.05, 4.69) is 6.92 Å². The lowest BCUT2D eigenvalue weighted by atomic mass is 10.0. The fraction of sp³-hybridized carbons (Fsp3) is 0.781. The number of benzene rings is 1. The van der Waals surface area contributed by atoms with Gasteiger partial charge in [-0.1, -0.05) is 103 Å². The van der Waals surface area contributed by atoms with Crippen molar-refractivity contribution in [1.29, 1.82) is 0 Å². The Morgan fingerprint density at radius 3 is 1.43 bits per heavy atom. The van der Waals surface area contributed by atoms with Crippen molar-refractivity contribution in [3.63, 3.8) is 0 Å². The second kappa shape index (κ2) is 24.1. The average molecular weight is 585 g/mol. The van der Waals surface area contributed by atoms with E-state index in [4.69, 9.17) is 18.5 Å². The molecule has 0 aliphatic rings. The largest absolute Gasteiger partial charge is 0.493 e. The highest BCUT2D eigenvalue weighted by Gasteiger charge is 2.22. The van der Waals surface area contributed by atoms with Crippen molar-refractivity contribution < 1.29 is 33.0 Å². The first-order valence-corrected chi connectivity index (χ1v) is 17.7. The Balaban J connectivity index is 2.19. The van der Waals surface area contributed by atoms with Crippen LogP contribution in [0.5, 0.6) is 11.5 Å². The van der Waals surface area contributed by atoms with Crippen LogP contribution in [0.3, 0.4) is 0 Å². The van der Waals surface area contributed by atoms with Crippen LogP contribution in [0.4, 0.5) is 0 Å². The summed E-state index contributed by atoms with van der Waals surface area (Å²) in [7, 11) is -3.12. The van der Waals surface area contributed by atoms with Crippen molar-refractivity contribution in [3.8, 4) is 11.5 Å². The molecule has 0 bridgehead atoms. The molecular formula is C32H57O7P. The van der Waals surface area contributed by atoms with Crippen LogP contribution < -0.4 is 9.47 Å². The Morgan fingerprint density at radius 2 is 1.02 bits per heavy atom. The molecule has 0 saturated heterocycles. The van der Waals surface area contributed by atoms with Crippen LogP contribution >= 0.6 is 7.60 Å². The van der Waals surface area contributed by atoms with E-state index in [1.165, 1.54) is 102 Å². The van der Waals surface area contributed by atoms with Crippen LogP contribution in [0.1, 0.15) is 140 Å². The normalized spacial score (nSPS) is 11.6. The van der Waals surface area contributed by atoms with Gasteiger partial charge in [-0.3, -0.25) is 4.57 Å². The van der Waals surface area contributed by atoms with E-state index in [1.807, 2.05) is 0 Å². The highest BCUT2D eigenvalue weighted by Crippen LogP contribution is 2.48. The van der Waals surface area contributed by atoms with E-state index in [-0.39, 0.29) is 18.3 Å².